The van der Waals surface area contributed by atoms with Crippen LogP contribution in [0.3, 0.4) is 0 Å². The minimum atomic E-state index is -4.10. The van der Waals surface area contributed by atoms with Gasteiger partial charge in [-0.05, 0) is 53.9 Å². The minimum Gasteiger partial charge on any atom is -0.386 e. The van der Waals surface area contributed by atoms with Gasteiger partial charge < -0.3 is 10.6 Å². The molecule has 0 aliphatic heterocycles. The molecule has 3 N–H and O–H groups in total. The molecule has 0 spiro atoms. The Balaban J connectivity index is 1.59. The second-order valence-corrected chi connectivity index (χ2v) is 11.0. The van der Waals surface area contributed by atoms with Crippen LogP contribution in [0.15, 0.2) is 63.7 Å². The van der Waals surface area contributed by atoms with E-state index < -0.39 is 27.4 Å². The van der Waals surface area contributed by atoms with E-state index in [0.717, 1.165) is 17.4 Å². The van der Waals surface area contributed by atoms with Gasteiger partial charge in [-0.3, -0.25) is 9.36 Å². The Kier molecular flexibility index (Phi) is 6.54. The van der Waals surface area contributed by atoms with Crippen molar-refractivity contribution in [2.45, 2.75) is 4.21 Å². The molecule has 0 saturated heterocycles. The smallest absolute Gasteiger partial charge is 0.333 e. The molecule has 4 aromatic rings. The summed E-state index contributed by atoms with van der Waals surface area (Å²) in [5.74, 6) is -0.568. The minimum absolute atomic E-state index is 0.0967. The molecule has 0 aliphatic carbocycles. The molecule has 2 heterocycles. The zero-order chi connectivity index (χ0) is 24.6. The zero-order valence-electron chi connectivity index (χ0n) is 17.2. The summed E-state index contributed by atoms with van der Waals surface area (Å²) in [4.78, 5) is 25.1. The van der Waals surface area contributed by atoms with Crippen LogP contribution in [0.5, 0.6) is 0 Å². The molecule has 2 aromatic carbocycles. The predicted octanol–water partition coefficient (Wildman–Crippen LogP) is 5.05. The molecule has 0 atom stereocenters. The first-order chi connectivity index (χ1) is 16.1. The third-order valence-electron chi connectivity index (χ3n) is 4.77. The third-order valence-corrected chi connectivity index (χ3v) is 8.12. The molecular weight excluding hydrogens is 526 g/mol. The normalized spacial score (nSPS) is 11.4. The molecule has 0 unspecified atom stereocenters. The number of hydrogen-bond acceptors (Lipinski definition) is 6. The van der Waals surface area contributed by atoms with Gasteiger partial charge in [-0.15, -0.1) is 11.3 Å². The molecule has 4 rings (SSSR count). The fraction of sp³-hybridized carbons (Fsp3) is 0.0476. The van der Waals surface area contributed by atoms with E-state index in [1.54, 1.807) is 13.1 Å². The van der Waals surface area contributed by atoms with E-state index in [4.69, 9.17) is 23.2 Å². The van der Waals surface area contributed by atoms with Crippen molar-refractivity contribution in [1.82, 2.24) is 9.29 Å². The van der Waals surface area contributed by atoms with Crippen molar-refractivity contribution in [2.24, 2.45) is 0 Å². The van der Waals surface area contributed by atoms with Gasteiger partial charge in [0.25, 0.3) is 15.6 Å². The van der Waals surface area contributed by atoms with Gasteiger partial charge in [-0.2, -0.15) is 0 Å². The number of anilines is 2. The maximum Gasteiger partial charge on any atom is 0.333 e. The first-order valence-corrected chi connectivity index (χ1v) is 12.6. The summed E-state index contributed by atoms with van der Waals surface area (Å²) in [6.07, 6.45) is 1.50. The Labute approximate surface area is 207 Å². The number of aromatic nitrogens is 1. The van der Waals surface area contributed by atoms with E-state index in [9.17, 15) is 22.4 Å². The lowest BCUT2D eigenvalue weighted by Gasteiger charge is -2.12. The van der Waals surface area contributed by atoms with Crippen molar-refractivity contribution in [3.8, 4) is 5.69 Å². The SMILES string of the molecule is CNc1cc2ccn(-c3ccc(NC(=O)NS(=O)(=O)c4ccc(Cl)s4)cc3Cl)c(=O)c2cc1F. The predicted molar refractivity (Wildman–Crippen MR) is 133 cm³/mol. The van der Waals surface area contributed by atoms with Crippen LogP contribution in [0.4, 0.5) is 20.6 Å². The van der Waals surface area contributed by atoms with Crippen LogP contribution in [-0.2, 0) is 10.0 Å². The molecular formula is C21H15Cl2FN4O4S2. The van der Waals surface area contributed by atoms with Gasteiger partial charge in [0.2, 0.25) is 0 Å². The number of carbonyl (C=O) groups is 1. The second-order valence-electron chi connectivity index (χ2n) is 6.94. The highest BCUT2D eigenvalue weighted by molar-refractivity contribution is 7.92. The van der Waals surface area contributed by atoms with Gasteiger partial charge in [0.05, 0.1) is 26.1 Å². The van der Waals surface area contributed by atoms with Crippen molar-refractivity contribution >= 4 is 72.7 Å². The highest BCUT2D eigenvalue weighted by Crippen LogP contribution is 2.27. The number of carbonyl (C=O) groups excluding carboxylic acids is 1. The molecule has 0 bridgehead atoms. The van der Waals surface area contributed by atoms with E-state index in [2.05, 4.69) is 10.6 Å². The topological polar surface area (TPSA) is 109 Å². The van der Waals surface area contributed by atoms with E-state index in [-0.39, 0.29) is 30.3 Å². The summed E-state index contributed by atoms with van der Waals surface area (Å²) in [5, 5.41) is 5.90. The number of hydrogen-bond donors (Lipinski definition) is 3. The molecule has 176 valence electrons. The summed E-state index contributed by atoms with van der Waals surface area (Å²) >= 11 is 12.9. The standard InChI is InChI=1S/C21H15Cl2FN4O4S2/c1-25-16-8-11-6-7-28(20(29)13(11)10-15(16)24)17-3-2-12(9-14(17)22)26-21(30)27-34(31,32)19-5-4-18(23)33-19/h2-10,25H,1H3,(H2,26,27,30). The van der Waals surface area contributed by atoms with Gasteiger partial charge in [-0.25, -0.2) is 22.3 Å². The summed E-state index contributed by atoms with van der Waals surface area (Å²) in [6.45, 7) is 0. The third kappa shape index (κ3) is 4.73. The van der Waals surface area contributed by atoms with Crippen LogP contribution in [0.1, 0.15) is 0 Å². The van der Waals surface area contributed by atoms with Crippen LogP contribution < -0.4 is 20.9 Å². The van der Waals surface area contributed by atoms with Gasteiger partial charge in [0.1, 0.15) is 10.0 Å². The molecule has 34 heavy (non-hydrogen) atoms. The average Bonchev–Trinajstić information content (AvgIpc) is 3.22. The first kappa shape index (κ1) is 24.0. The Morgan fingerprint density at radius 1 is 1.09 bits per heavy atom. The summed E-state index contributed by atoms with van der Waals surface area (Å²) in [7, 11) is -2.52. The highest BCUT2D eigenvalue weighted by Gasteiger charge is 2.20. The van der Waals surface area contributed by atoms with Crippen molar-refractivity contribution < 1.29 is 17.6 Å². The number of urea groups is 1. The average molecular weight is 541 g/mol. The number of pyridine rings is 1. The van der Waals surface area contributed by atoms with Gasteiger partial charge in [-0.1, -0.05) is 23.2 Å². The molecule has 0 radical (unpaired) electrons. The van der Waals surface area contributed by atoms with Crippen molar-refractivity contribution in [1.29, 1.82) is 0 Å². The summed E-state index contributed by atoms with van der Waals surface area (Å²) < 4.78 is 41.9. The van der Waals surface area contributed by atoms with E-state index in [1.165, 1.54) is 47.2 Å². The summed E-state index contributed by atoms with van der Waals surface area (Å²) in [5.41, 5.74) is 0.253. The Morgan fingerprint density at radius 3 is 2.50 bits per heavy atom. The maximum atomic E-state index is 14.2. The van der Waals surface area contributed by atoms with Crippen molar-refractivity contribution in [2.75, 3.05) is 17.7 Å². The lowest BCUT2D eigenvalue weighted by atomic mass is 10.1. The van der Waals surface area contributed by atoms with Gasteiger partial charge in [0, 0.05) is 18.9 Å². The van der Waals surface area contributed by atoms with Gasteiger partial charge in [0.15, 0.2) is 0 Å². The Hall–Kier alpha value is -3.12. The van der Waals surface area contributed by atoms with E-state index >= 15 is 0 Å². The largest absolute Gasteiger partial charge is 0.386 e. The van der Waals surface area contributed by atoms with E-state index in [1.807, 2.05) is 4.72 Å². The number of nitrogens with one attached hydrogen (secondary N) is 3. The number of halogens is 3. The first-order valence-electron chi connectivity index (χ1n) is 9.51. The number of amides is 2. The van der Waals surface area contributed by atoms with Crippen LogP contribution in [0, 0.1) is 5.82 Å². The molecule has 13 heteroatoms. The van der Waals surface area contributed by atoms with Crippen LogP contribution in [0.25, 0.3) is 16.5 Å². The number of sulfonamides is 1. The molecule has 2 amide bonds. The second kappa shape index (κ2) is 9.26. The summed E-state index contributed by atoms with van der Waals surface area (Å²) in [6, 6.07) is 10.3. The highest BCUT2D eigenvalue weighted by atomic mass is 35.5. The monoisotopic (exact) mass is 540 g/mol. The fourth-order valence-electron chi connectivity index (χ4n) is 3.20. The molecule has 0 aliphatic rings. The number of fused-ring (bicyclic) bond motifs is 1. The van der Waals surface area contributed by atoms with Crippen LogP contribution in [0.2, 0.25) is 9.36 Å². The quantitative estimate of drug-likeness (QED) is 0.328. The number of thiophene rings is 1. The molecule has 0 saturated carbocycles. The maximum absolute atomic E-state index is 14.2. The number of benzene rings is 2. The number of nitrogens with zero attached hydrogens (tertiary/aromatic N) is 1. The van der Waals surface area contributed by atoms with Crippen LogP contribution in [-0.4, -0.2) is 26.1 Å². The van der Waals surface area contributed by atoms with Crippen molar-refractivity contribution in [3.05, 3.63) is 80.3 Å². The fourth-order valence-corrected chi connectivity index (χ4v) is 5.86. The van der Waals surface area contributed by atoms with Crippen molar-refractivity contribution in [3.63, 3.8) is 0 Å². The van der Waals surface area contributed by atoms with E-state index in [0.29, 0.717) is 11.1 Å². The molecule has 2 aromatic heterocycles. The molecule has 0 fully saturated rings. The Morgan fingerprint density at radius 2 is 1.85 bits per heavy atom. The number of rotatable bonds is 5. The lowest BCUT2D eigenvalue weighted by molar-refractivity contribution is 0.256. The van der Waals surface area contributed by atoms with Crippen LogP contribution >= 0.6 is 34.5 Å². The van der Waals surface area contributed by atoms with Gasteiger partial charge >= 0.3 is 6.03 Å². The Bertz CT molecular complexity index is 1600. The zero-order valence-corrected chi connectivity index (χ0v) is 20.4. The molecule has 8 nitrogen and oxygen atoms in total. The lowest BCUT2D eigenvalue weighted by Crippen LogP contribution is -2.33.